The van der Waals surface area contributed by atoms with E-state index < -0.39 is 0 Å². The normalized spacial score (nSPS) is 14.8. The predicted octanol–water partition coefficient (Wildman–Crippen LogP) is 5.67. The van der Waals surface area contributed by atoms with Crippen molar-refractivity contribution in [1.29, 1.82) is 0 Å². The monoisotopic (exact) mass is 443 g/mol. The van der Waals surface area contributed by atoms with Crippen molar-refractivity contribution in [3.8, 4) is 5.69 Å². The van der Waals surface area contributed by atoms with Crippen molar-refractivity contribution >= 4 is 44.8 Å². The van der Waals surface area contributed by atoms with Gasteiger partial charge < -0.3 is 0 Å². The molecule has 5 aromatic rings. The molecule has 3 heterocycles. The number of rotatable bonds is 2. The van der Waals surface area contributed by atoms with Gasteiger partial charge in [0.2, 0.25) is 0 Å². The summed E-state index contributed by atoms with van der Waals surface area (Å²) in [6, 6.07) is 13.8. The molecular weight excluding hydrogens is 422 g/mol. The molecule has 1 fully saturated rings. The van der Waals surface area contributed by atoms with Crippen molar-refractivity contribution in [1.82, 2.24) is 24.1 Å². The molecule has 0 radical (unpaired) electrons. The molecule has 2 aromatic carbocycles. The first kappa shape index (κ1) is 19.4. The first-order chi connectivity index (χ1) is 15.5. The summed E-state index contributed by atoms with van der Waals surface area (Å²) in [5.41, 5.74) is 5.07. The van der Waals surface area contributed by atoms with Crippen LogP contribution in [0.3, 0.4) is 0 Å². The molecular formula is C25H22ClN5O. The smallest absolute Gasteiger partial charge is 0.265 e. The Kier molecular flexibility index (Phi) is 4.33. The van der Waals surface area contributed by atoms with Crippen molar-refractivity contribution in [3.63, 3.8) is 0 Å². The fraction of sp³-hybridized carbons (Fsp3) is 0.280. The molecule has 0 aliphatic heterocycles. The quantitative estimate of drug-likeness (QED) is 0.352. The molecule has 0 unspecified atom stereocenters. The molecule has 32 heavy (non-hydrogen) atoms. The maximum absolute atomic E-state index is 13.9. The number of aryl methyl sites for hydroxylation is 2. The lowest BCUT2D eigenvalue weighted by molar-refractivity contribution is 0.485. The number of hydrogen-bond donors (Lipinski definition) is 0. The largest absolute Gasteiger partial charge is 0.293 e. The molecule has 160 valence electrons. The van der Waals surface area contributed by atoms with Crippen LogP contribution in [0, 0.1) is 13.8 Å². The molecule has 0 amide bonds. The number of para-hydroxylation sites is 2. The predicted molar refractivity (Wildman–Crippen MR) is 128 cm³/mol. The third kappa shape index (κ3) is 2.79. The molecule has 3 aromatic heterocycles. The van der Waals surface area contributed by atoms with E-state index in [9.17, 15) is 4.79 Å². The number of hydrogen-bond acceptors (Lipinski definition) is 4. The molecule has 1 aliphatic carbocycles. The van der Waals surface area contributed by atoms with Gasteiger partial charge in [0.05, 0.1) is 16.7 Å². The molecule has 6 nitrogen and oxygen atoms in total. The van der Waals surface area contributed by atoms with Gasteiger partial charge in [0.15, 0.2) is 11.3 Å². The third-order valence-electron chi connectivity index (χ3n) is 6.59. The van der Waals surface area contributed by atoms with Gasteiger partial charge in [0, 0.05) is 11.1 Å². The highest BCUT2D eigenvalue weighted by molar-refractivity contribution is 6.31. The van der Waals surface area contributed by atoms with Gasteiger partial charge in [-0.2, -0.15) is 0 Å². The van der Waals surface area contributed by atoms with Gasteiger partial charge >= 0.3 is 0 Å². The fourth-order valence-electron chi connectivity index (χ4n) is 4.97. The van der Waals surface area contributed by atoms with E-state index >= 15 is 0 Å². The Balaban J connectivity index is 1.79. The van der Waals surface area contributed by atoms with Gasteiger partial charge in [-0.1, -0.05) is 42.6 Å². The Labute approximate surface area is 189 Å². The summed E-state index contributed by atoms with van der Waals surface area (Å²) in [7, 11) is 0. The van der Waals surface area contributed by atoms with Crippen LogP contribution < -0.4 is 5.56 Å². The molecule has 0 bridgehead atoms. The van der Waals surface area contributed by atoms with Crippen LogP contribution in [0.1, 0.15) is 43.1 Å². The van der Waals surface area contributed by atoms with Crippen LogP contribution in [-0.4, -0.2) is 24.1 Å². The number of fused-ring (bicyclic) bond motifs is 4. The van der Waals surface area contributed by atoms with Crippen LogP contribution in [0.15, 0.2) is 47.3 Å². The first-order valence-corrected chi connectivity index (χ1v) is 11.4. The minimum absolute atomic E-state index is 0.0362. The molecule has 7 heteroatoms. The van der Waals surface area contributed by atoms with Crippen molar-refractivity contribution in [3.05, 3.63) is 69.2 Å². The molecule has 0 saturated heterocycles. The number of halogens is 1. The summed E-state index contributed by atoms with van der Waals surface area (Å²) >= 11 is 6.47. The summed E-state index contributed by atoms with van der Waals surface area (Å²) in [6.45, 7) is 3.88. The summed E-state index contributed by atoms with van der Waals surface area (Å²) in [6.07, 6.45) is 4.30. The minimum atomic E-state index is -0.0362. The minimum Gasteiger partial charge on any atom is -0.293 e. The van der Waals surface area contributed by atoms with E-state index in [0.717, 1.165) is 53.8 Å². The Morgan fingerprint density at radius 1 is 0.938 bits per heavy atom. The average Bonchev–Trinajstić information content (AvgIpc) is 3.40. The van der Waals surface area contributed by atoms with Crippen molar-refractivity contribution < 1.29 is 0 Å². The molecule has 0 atom stereocenters. The van der Waals surface area contributed by atoms with E-state index in [1.54, 1.807) is 0 Å². The highest BCUT2D eigenvalue weighted by Gasteiger charge is 2.26. The van der Waals surface area contributed by atoms with Gasteiger partial charge in [-0.15, -0.1) is 0 Å². The molecule has 1 aliphatic rings. The Bertz CT molecular complexity index is 1590. The topological polar surface area (TPSA) is 65.6 Å². The molecule has 6 rings (SSSR count). The van der Waals surface area contributed by atoms with Crippen molar-refractivity contribution in [2.24, 2.45) is 0 Å². The summed E-state index contributed by atoms with van der Waals surface area (Å²) in [5.74, 6) is 0.723. The third-order valence-corrected chi connectivity index (χ3v) is 7.00. The Morgan fingerprint density at radius 2 is 1.66 bits per heavy atom. The van der Waals surface area contributed by atoms with Crippen LogP contribution in [0.4, 0.5) is 0 Å². The Hall–Kier alpha value is -3.25. The van der Waals surface area contributed by atoms with E-state index in [1.807, 2.05) is 65.4 Å². The second kappa shape index (κ2) is 7.14. The van der Waals surface area contributed by atoms with Crippen molar-refractivity contribution in [2.75, 3.05) is 0 Å². The standard InChI is InChI=1S/C25H22ClN5O/c1-14-11-12-17(13-18(14)26)31-23-21(22-24(31)29-20-10-6-5-9-19(20)28-22)25(32)30(15(2)27-23)16-7-3-4-8-16/h5-6,9-13,16H,3-4,7-8H2,1-2H3. The van der Waals surface area contributed by atoms with Crippen molar-refractivity contribution in [2.45, 2.75) is 45.6 Å². The number of aromatic nitrogens is 5. The van der Waals surface area contributed by atoms with Crippen LogP contribution in [0.25, 0.3) is 38.9 Å². The van der Waals surface area contributed by atoms with Crippen LogP contribution in [0.2, 0.25) is 5.02 Å². The van der Waals surface area contributed by atoms with Crippen LogP contribution in [-0.2, 0) is 0 Å². The van der Waals surface area contributed by atoms with Gasteiger partial charge in [-0.05, 0) is 56.5 Å². The van der Waals surface area contributed by atoms with E-state index in [0.29, 0.717) is 27.2 Å². The van der Waals surface area contributed by atoms with E-state index in [4.69, 9.17) is 26.6 Å². The zero-order valence-corrected chi connectivity index (χ0v) is 18.7. The summed E-state index contributed by atoms with van der Waals surface area (Å²) < 4.78 is 3.79. The zero-order valence-electron chi connectivity index (χ0n) is 18.0. The first-order valence-electron chi connectivity index (χ1n) is 11.0. The lowest BCUT2D eigenvalue weighted by atomic mass is 10.2. The Morgan fingerprint density at radius 3 is 2.38 bits per heavy atom. The molecule has 0 spiro atoms. The van der Waals surface area contributed by atoms with Gasteiger partial charge in [0.1, 0.15) is 16.7 Å². The summed E-state index contributed by atoms with van der Waals surface area (Å²) in [4.78, 5) is 28.6. The molecule has 0 N–H and O–H groups in total. The van der Waals surface area contributed by atoms with Gasteiger partial charge in [-0.25, -0.2) is 15.0 Å². The van der Waals surface area contributed by atoms with Crippen LogP contribution >= 0.6 is 11.6 Å². The van der Waals surface area contributed by atoms with E-state index in [1.165, 1.54) is 0 Å². The van der Waals surface area contributed by atoms with Gasteiger partial charge in [-0.3, -0.25) is 13.9 Å². The lowest BCUT2D eigenvalue weighted by Gasteiger charge is -2.16. The van der Waals surface area contributed by atoms with Gasteiger partial charge in [0.25, 0.3) is 5.56 Å². The number of benzene rings is 2. The maximum Gasteiger partial charge on any atom is 0.265 e. The average molecular weight is 444 g/mol. The highest BCUT2D eigenvalue weighted by atomic mass is 35.5. The molecule has 1 saturated carbocycles. The number of nitrogens with zero attached hydrogens (tertiary/aromatic N) is 5. The second-order valence-corrected chi connectivity index (χ2v) is 9.03. The lowest BCUT2D eigenvalue weighted by Crippen LogP contribution is -2.27. The maximum atomic E-state index is 13.9. The highest BCUT2D eigenvalue weighted by Crippen LogP contribution is 2.33. The zero-order chi connectivity index (χ0) is 22.0. The SMILES string of the molecule is Cc1ccc(-n2c3nc4ccccc4nc3c3c(=O)n(C4CCCC4)c(C)nc32)cc1Cl. The fourth-order valence-corrected chi connectivity index (χ4v) is 5.14. The summed E-state index contributed by atoms with van der Waals surface area (Å²) in [5, 5.41) is 1.18. The van der Waals surface area contributed by atoms with Crippen LogP contribution in [0.5, 0.6) is 0 Å². The second-order valence-electron chi connectivity index (χ2n) is 8.62. The van der Waals surface area contributed by atoms with E-state index in [-0.39, 0.29) is 11.6 Å². The van der Waals surface area contributed by atoms with E-state index in [2.05, 4.69) is 0 Å².